The Balaban J connectivity index is 2.48. The number of carboxylic acids is 1. The molecule has 82 valence electrons. The molecule has 0 atom stereocenters. The first-order valence-electron chi connectivity index (χ1n) is 4.91. The van der Waals surface area contributed by atoms with Gasteiger partial charge < -0.3 is 15.7 Å². The van der Waals surface area contributed by atoms with Gasteiger partial charge in [0.05, 0.1) is 5.00 Å². The third kappa shape index (κ3) is 1.85. The number of rotatable bonds is 1. The lowest BCUT2D eigenvalue weighted by molar-refractivity contribution is 0.0700. The Labute approximate surface area is 92.3 Å². The van der Waals surface area contributed by atoms with E-state index in [-0.39, 0.29) is 0 Å². The Hall–Kier alpha value is -1.07. The average molecular weight is 226 g/mol. The molecular weight excluding hydrogens is 212 g/mol. The van der Waals surface area contributed by atoms with Gasteiger partial charge in [-0.1, -0.05) is 0 Å². The second kappa shape index (κ2) is 3.83. The first-order valence-corrected chi connectivity index (χ1v) is 5.73. The van der Waals surface area contributed by atoms with Crippen LogP contribution in [0.25, 0.3) is 0 Å². The van der Waals surface area contributed by atoms with E-state index in [0.717, 1.165) is 30.5 Å². The molecule has 0 saturated carbocycles. The number of nitrogen functional groups attached to an aromatic ring is 1. The van der Waals surface area contributed by atoms with Crippen molar-refractivity contribution in [3.05, 3.63) is 16.0 Å². The zero-order valence-electron chi connectivity index (χ0n) is 8.62. The van der Waals surface area contributed by atoms with Crippen molar-refractivity contribution in [1.82, 2.24) is 4.90 Å². The quantitative estimate of drug-likeness (QED) is 0.759. The monoisotopic (exact) mass is 226 g/mol. The van der Waals surface area contributed by atoms with Gasteiger partial charge in [0.25, 0.3) is 0 Å². The Morgan fingerprint density at radius 2 is 2.27 bits per heavy atom. The van der Waals surface area contributed by atoms with E-state index in [1.807, 2.05) is 7.05 Å². The van der Waals surface area contributed by atoms with Gasteiger partial charge in [0, 0.05) is 6.54 Å². The summed E-state index contributed by atoms with van der Waals surface area (Å²) < 4.78 is 0. The standard InChI is InChI=1S/C10H14N2O2S/c1-12-4-2-3-6-7(5-12)8(10(13)14)15-9(6)11/h2-5,11H2,1H3,(H,13,14). The van der Waals surface area contributed by atoms with Crippen LogP contribution >= 0.6 is 11.3 Å². The minimum absolute atomic E-state index is 0.413. The summed E-state index contributed by atoms with van der Waals surface area (Å²) in [7, 11) is 2.01. The number of aromatic carboxylic acids is 1. The predicted octanol–water partition coefficient (Wildman–Crippen LogP) is 1.41. The molecule has 0 aromatic carbocycles. The smallest absolute Gasteiger partial charge is 0.346 e. The van der Waals surface area contributed by atoms with Crippen LogP contribution in [0.5, 0.6) is 0 Å². The maximum atomic E-state index is 11.0. The van der Waals surface area contributed by atoms with Crippen molar-refractivity contribution in [2.75, 3.05) is 19.3 Å². The van der Waals surface area contributed by atoms with Gasteiger partial charge in [-0.05, 0) is 37.6 Å². The molecule has 0 bridgehead atoms. The van der Waals surface area contributed by atoms with E-state index in [1.165, 1.54) is 11.3 Å². The molecule has 0 amide bonds. The number of thiophene rings is 1. The molecule has 1 aliphatic heterocycles. The highest BCUT2D eigenvalue weighted by Gasteiger charge is 2.23. The maximum absolute atomic E-state index is 11.0. The van der Waals surface area contributed by atoms with E-state index in [4.69, 9.17) is 10.8 Å². The molecule has 0 saturated heterocycles. The van der Waals surface area contributed by atoms with Crippen LogP contribution in [0.1, 0.15) is 27.2 Å². The van der Waals surface area contributed by atoms with Gasteiger partial charge in [0.2, 0.25) is 0 Å². The van der Waals surface area contributed by atoms with Gasteiger partial charge in [-0.25, -0.2) is 4.79 Å². The third-order valence-corrected chi connectivity index (χ3v) is 3.83. The Bertz CT molecular complexity index is 400. The topological polar surface area (TPSA) is 66.6 Å². The number of carbonyl (C=O) groups is 1. The van der Waals surface area contributed by atoms with Crippen LogP contribution in [0.15, 0.2) is 0 Å². The van der Waals surface area contributed by atoms with Crippen LogP contribution < -0.4 is 5.73 Å². The van der Waals surface area contributed by atoms with Crippen LogP contribution in [-0.2, 0) is 13.0 Å². The molecule has 3 N–H and O–H groups in total. The second-order valence-corrected chi connectivity index (χ2v) is 4.95. The summed E-state index contributed by atoms with van der Waals surface area (Å²) >= 11 is 1.20. The van der Waals surface area contributed by atoms with Crippen molar-refractivity contribution in [3.63, 3.8) is 0 Å². The summed E-state index contributed by atoms with van der Waals surface area (Å²) in [4.78, 5) is 13.6. The summed E-state index contributed by atoms with van der Waals surface area (Å²) in [6, 6.07) is 0. The van der Waals surface area contributed by atoms with Gasteiger partial charge in [-0.2, -0.15) is 0 Å². The summed E-state index contributed by atoms with van der Waals surface area (Å²) in [5, 5.41) is 9.75. The van der Waals surface area contributed by atoms with E-state index in [9.17, 15) is 4.79 Å². The van der Waals surface area contributed by atoms with Gasteiger partial charge in [0.1, 0.15) is 4.88 Å². The van der Waals surface area contributed by atoms with E-state index in [2.05, 4.69) is 4.90 Å². The molecule has 0 radical (unpaired) electrons. The second-order valence-electron chi connectivity index (χ2n) is 3.90. The maximum Gasteiger partial charge on any atom is 0.346 e. The zero-order valence-corrected chi connectivity index (χ0v) is 9.43. The number of hydrogen-bond acceptors (Lipinski definition) is 4. The molecule has 2 heterocycles. The molecule has 15 heavy (non-hydrogen) atoms. The van der Waals surface area contributed by atoms with Gasteiger partial charge >= 0.3 is 5.97 Å². The number of carboxylic acid groups (broad SMARTS) is 1. The minimum Gasteiger partial charge on any atom is -0.477 e. The molecular formula is C10H14N2O2S. The van der Waals surface area contributed by atoms with Crippen LogP contribution in [0, 0.1) is 0 Å². The minimum atomic E-state index is -0.858. The zero-order chi connectivity index (χ0) is 11.0. The van der Waals surface area contributed by atoms with E-state index < -0.39 is 5.97 Å². The van der Waals surface area contributed by atoms with E-state index in [1.54, 1.807) is 0 Å². The summed E-state index contributed by atoms with van der Waals surface area (Å²) in [6.45, 7) is 1.70. The first kappa shape index (κ1) is 10.4. The van der Waals surface area contributed by atoms with Crippen LogP contribution in [-0.4, -0.2) is 29.6 Å². The lowest BCUT2D eigenvalue weighted by atomic mass is 10.1. The van der Waals surface area contributed by atoms with Crippen LogP contribution in [0.3, 0.4) is 0 Å². The highest BCUT2D eigenvalue weighted by molar-refractivity contribution is 7.18. The fourth-order valence-electron chi connectivity index (χ4n) is 2.01. The van der Waals surface area contributed by atoms with Crippen molar-refractivity contribution >= 4 is 22.3 Å². The lowest BCUT2D eigenvalue weighted by Gasteiger charge is -2.12. The molecule has 0 unspecified atom stereocenters. The molecule has 2 rings (SSSR count). The van der Waals surface area contributed by atoms with Crippen molar-refractivity contribution in [3.8, 4) is 0 Å². The molecule has 0 spiro atoms. The summed E-state index contributed by atoms with van der Waals surface area (Å²) in [6.07, 6.45) is 1.94. The molecule has 1 aliphatic rings. The molecule has 0 aliphatic carbocycles. The fourth-order valence-corrected chi connectivity index (χ4v) is 2.97. The SMILES string of the molecule is CN1CCCc2c(N)sc(C(=O)O)c2C1. The van der Waals surface area contributed by atoms with Gasteiger partial charge in [-0.15, -0.1) is 11.3 Å². The van der Waals surface area contributed by atoms with Crippen LogP contribution in [0.2, 0.25) is 0 Å². The van der Waals surface area contributed by atoms with Crippen molar-refractivity contribution < 1.29 is 9.90 Å². The Kier molecular flexibility index (Phi) is 2.67. The Morgan fingerprint density at radius 3 is 2.93 bits per heavy atom. The summed E-state index contributed by atoms with van der Waals surface area (Å²) in [5.41, 5.74) is 7.83. The average Bonchev–Trinajstić information content (AvgIpc) is 2.36. The van der Waals surface area contributed by atoms with E-state index >= 15 is 0 Å². The number of anilines is 1. The highest BCUT2D eigenvalue weighted by Crippen LogP contribution is 2.34. The molecule has 5 heteroatoms. The van der Waals surface area contributed by atoms with Gasteiger partial charge in [0.15, 0.2) is 0 Å². The highest BCUT2D eigenvalue weighted by atomic mass is 32.1. The van der Waals surface area contributed by atoms with Crippen molar-refractivity contribution in [2.24, 2.45) is 0 Å². The lowest BCUT2D eigenvalue weighted by Crippen LogP contribution is -2.18. The predicted molar refractivity (Wildman–Crippen MR) is 60.3 cm³/mol. The Morgan fingerprint density at radius 1 is 1.53 bits per heavy atom. The summed E-state index contributed by atoms with van der Waals surface area (Å²) in [5.74, 6) is -0.858. The molecule has 1 aromatic heterocycles. The number of hydrogen-bond donors (Lipinski definition) is 2. The molecule has 4 nitrogen and oxygen atoms in total. The molecule has 1 aromatic rings. The van der Waals surface area contributed by atoms with Crippen LogP contribution in [0.4, 0.5) is 5.00 Å². The number of fused-ring (bicyclic) bond motifs is 1. The first-order chi connectivity index (χ1) is 7.09. The van der Waals surface area contributed by atoms with Gasteiger partial charge in [-0.3, -0.25) is 0 Å². The fraction of sp³-hybridized carbons (Fsp3) is 0.500. The largest absolute Gasteiger partial charge is 0.477 e. The molecule has 0 fully saturated rings. The third-order valence-electron chi connectivity index (χ3n) is 2.74. The number of nitrogens with zero attached hydrogens (tertiary/aromatic N) is 1. The van der Waals surface area contributed by atoms with Crippen molar-refractivity contribution in [2.45, 2.75) is 19.4 Å². The van der Waals surface area contributed by atoms with Crippen molar-refractivity contribution in [1.29, 1.82) is 0 Å². The number of nitrogens with two attached hydrogens (primary N) is 1. The van der Waals surface area contributed by atoms with E-state index in [0.29, 0.717) is 16.4 Å². The normalized spacial score (nSPS) is 17.1.